The number of primary amides is 1. The second-order valence-corrected chi connectivity index (χ2v) is 6.57. The summed E-state index contributed by atoms with van der Waals surface area (Å²) in [6, 6.07) is 12.9. The number of carbonyl (C=O) groups is 2. The standard InChI is InChI=1S/C19H22N4O2/c1-22(2)12-18(24)23-16-6-4-3-5-13(16)7-8-14-9-10-15(11-17(14)23)21-19(20)25/h3-6,9-11H,7-8,12H2,1-2H3,(H3,20,21,25)/p+1. The van der Waals surface area contributed by atoms with Crippen LogP contribution in [0.2, 0.25) is 0 Å². The van der Waals surface area contributed by atoms with Crippen LogP contribution in [0.4, 0.5) is 21.9 Å². The number of quaternary nitrogens is 1. The van der Waals surface area contributed by atoms with Crippen molar-refractivity contribution in [2.75, 3.05) is 30.9 Å². The van der Waals surface area contributed by atoms with Crippen LogP contribution in [0, 0.1) is 0 Å². The maximum absolute atomic E-state index is 13.0. The van der Waals surface area contributed by atoms with E-state index < -0.39 is 6.03 Å². The maximum atomic E-state index is 13.0. The van der Waals surface area contributed by atoms with Crippen LogP contribution in [0.3, 0.4) is 0 Å². The van der Waals surface area contributed by atoms with E-state index in [0.717, 1.165) is 40.2 Å². The zero-order valence-electron chi connectivity index (χ0n) is 14.5. The summed E-state index contributed by atoms with van der Waals surface area (Å²) < 4.78 is 0. The molecule has 6 nitrogen and oxygen atoms in total. The number of aryl methyl sites for hydroxylation is 2. The zero-order chi connectivity index (χ0) is 18.0. The van der Waals surface area contributed by atoms with Crippen LogP contribution in [-0.4, -0.2) is 32.6 Å². The predicted octanol–water partition coefficient (Wildman–Crippen LogP) is 1.09. The van der Waals surface area contributed by atoms with Crippen molar-refractivity contribution in [2.24, 2.45) is 5.73 Å². The third kappa shape index (κ3) is 3.64. The molecule has 0 unspecified atom stereocenters. The van der Waals surface area contributed by atoms with Gasteiger partial charge in [-0.15, -0.1) is 0 Å². The van der Waals surface area contributed by atoms with E-state index in [0.29, 0.717) is 12.2 Å². The van der Waals surface area contributed by atoms with E-state index in [9.17, 15) is 9.59 Å². The van der Waals surface area contributed by atoms with Gasteiger partial charge in [-0.3, -0.25) is 9.69 Å². The van der Waals surface area contributed by atoms with Crippen LogP contribution in [0.5, 0.6) is 0 Å². The zero-order valence-corrected chi connectivity index (χ0v) is 14.5. The highest BCUT2D eigenvalue weighted by molar-refractivity contribution is 6.03. The first-order valence-corrected chi connectivity index (χ1v) is 8.35. The number of rotatable bonds is 3. The van der Waals surface area contributed by atoms with Crippen molar-refractivity contribution >= 4 is 29.0 Å². The fourth-order valence-corrected chi connectivity index (χ4v) is 3.19. The molecule has 0 aromatic heterocycles. The van der Waals surface area contributed by atoms with Crippen LogP contribution < -0.4 is 20.9 Å². The van der Waals surface area contributed by atoms with E-state index in [1.807, 2.05) is 50.5 Å². The van der Waals surface area contributed by atoms with Gasteiger partial charge in [-0.2, -0.15) is 0 Å². The molecule has 2 aromatic rings. The Kier molecular flexibility index (Phi) is 4.72. The third-order valence-electron chi connectivity index (χ3n) is 4.24. The fraction of sp³-hybridized carbons (Fsp3) is 0.263. The molecule has 6 heteroatoms. The minimum Gasteiger partial charge on any atom is -0.351 e. The number of nitrogens with zero attached hydrogens (tertiary/aromatic N) is 1. The summed E-state index contributed by atoms with van der Waals surface area (Å²) >= 11 is 0. The number of amides is 3. The molecule has 2 aromatic carbocycles. The molecule has 25 heavy (non-hydrogen) atoms. The molecule has 0 spiro atoms. The molecule has 0 radical (unpaired) electrons. The highest BCUT2D eigenvalue weighted by Crippen LogP contribution is 2.37. The summed E-state index contributed by atoms with van der Waals surface area (Å²) in [5.74, 6) is 0.0202. The predicted molar refractivity (Wildman–Crippen MR) is 98.3 cm³/mol. The van der Waals surface area contributed by atoms with Gasteiger partial charge in [0.05, 0.1) is 25.5 Å². The summed E-state index contributed by atoms with van der Waals surface area (Å²) in [4.78, 5) is 27.0. The number of hydrogen-bond acceptors (Lipinski definition) is 2. The van der Waals surface area contributed by atoms with Gasteiger partial charge >= 0.3 is 6.03 Å². The number of urea groups is 1. The average molecular weight is 339 g/mol. The van der Waals surface area contributed by atoms with Gasteiger partial charge in [0, 0.05) is 5.69 Å². The first-order chi connectivity index (χ1) is 12.0. The summed E-state index contributed by atoms with van der Waals surface area (Å²) in [6.45, 7) is 0.376. The molecular formula is C19H23N4O2+. The van der Waals surface area contributed by atoms with Crippen molar-refractivity contribution < 1.29 is 14.5 Å². The number of likely N-dealkylation sites (N-methyl/N-ethyl adjacent to an activating group) is 1. The van der Waals surface area contributed by atoms with E-state index >= 15 is 0 Å². The number of fused-ring (bicyclic) bond motifs is 2. The lowest BCUT2D eigenvalue weighted by Crippen LogP contribution is -3.07. The number of nitrogens with one attached hydrogen (secondary N) is 2. The molecule has 4 N–H and O–H groups in total. The van der Waals surface area contributed by atoms with E-state index in [1.165, 1.54) is 0 Å². The molecule has 1 aliphatic rings. The molecule has 1 aliphatic heterocycles. The molecule has 0 bridgehead atoms. The molecule has 0 aliphatic carbocycles. The molecule has 130 valence electrons. The van der Waals surface area contributed by atoms with Gasteiger partial charge in [-0.25, -0.2) is 4.79 Å². The van der Waals surface area contributed by atoms with Crippen LogP contribution in [-0.2, 0) is 17.6 Å². The highest BCUT2D eigenvalue weighted by atomic mass is 16.2. The first kappa shape index (κ1) is 17.0. The molecule has 3 amide bonds. The minimum absolute atomic E-state index is 0.0202. The van der Waals surface area contributed by atoms with Crippen LogP contribution in [0.15, 0.2) is 42.5 Å². The number of anilines is 3. The Bertz CT molecular complexity index is 817. The van der Waals surface area contributed by atoms with Crippen LogP contribution in [0.1, 0.15) is 11.1 Å². The number of para-hydroxylation sites is 1. The van der Waals surface area contributed by atoms with Crippen LogP contribution >= 0.6 is 0 Å². The van der Waals surface area contributed by atoms with Gasteiger partial charge in [-0.05, 0) is 42.2 Å². The largest absolute Gasteiger partial charge is 0.351 e. The monoisotopic (exact) mass is 339 g/mol. The lowest BCUT2D eigenvalue weighted by molar-refractivity contribution is -0.849. The van der Waals surface area contributed by atoms with Gasteiger partial charge in [0.1, 0.15) is 0 Å². The fourth-order valence-electron chi connectivity index (χ4n) is 3.19. The minimum atomic E-state index is -0.621. The summed E-state index contributed by atoms with van der Waals surface area (Å²) in [5, 5.41) is 2.60. The molecular weight excluding hydrogens is 316 g/mol. The van der Waals surface area contributed by atoms with E-state index in [1.54, 1.807) is 4.90 Å². The summed E-state index contributed by atoms with van der Waals surface area (Å²) in [7, 11) is 3.90. The Labute approximate surface area is 147 Å². The average Bonchev–Trinajstić information content (AvgIpc) is 2.70. The summed E-state index contributed by atoms with van der Waals surface area (Å²) in [6.07, 6.45) is 1.70. The number of carbonyl (C=O) groups excluding carboxylic acids is 2. The van der Waals surface area contributed by atoms with E-state index in [2.05, 4.69) is 11.4 Å². The number of benzene rings is 2. The topological polar surface area (TPSA) is 79.9 Å². The molecule has 0 fully saturated rings. The van der Waals surface area contributed by atoms with Crippen molar-refractivity contribution in [1.29, 1.82) is 0 Å². The Balaban J connectivity index is 2.13. The molecule has 0 atom stereocenters. The van der Waals surface area contributed by atoms with Crippen molar-refractivity contribution in [3.8, 4) is 0 Å². The lowest BCUT2D eigenvalue weighted by Gasteiger charge is -2.25. The van der Waals surface area contributed by atoms with Gasteiger partial charge in [0.15, 0.2) is 6.54 Å². The molecule has 0 saturated heterocycles. The van der Waals surface area contributed by atoms with Gasteiger partial charge in [0.25, 0.3) is 5.91 Å². The van der Waals surface area contributed by atoms with Crippen LogP contribution in [0.25, 0.3) is 0 Å². The SMILES string of the molecule is C[NH+](C)CC(=O)N1c2ccccc2CCc2ccc(NC(N)=O)cc21. The third-order valence-corrected chi connectivity index (χ3v) is 4.24. The van der Waals surface area contributed by atoms with Crippen molar-refractivity contribution in [2.45, 2.75) is 12.8 Å². The van der Waals surface area contributed by atoms with Crippen molar-refractivity contribution in [3.05, 3.63) is 53.6 Å². The number of nitrogens with two attached hydrogens (primary N) is 1. The smallest absolute Gasteiger partial charge is 0.316 e. The first-order valence-electron chi connectivity index (χ1n) is 8.35. The summed E-state index contributed by atoms with van der Waals surface area (Å²) in [5.41, 5.74) is 9.75. The van der Waals surface area contributed by atoms with Crippen molar-refractivity contribution in [1.82, 2.24) is 0 Å². The molecule has 3 rings (SSSR count). The Morgan fingerprint density at radius 3 is 2.44 bits per heavy atom. The van der Waals surface area contributed by atoms with E-state index in [-0.39, 0.29) is 5.91 Å². The maximum Gasteiger partial charge on any atom is 0.316 e. The van der Waals surface area contributed by atoms with Crippen molar-refractivity contribution in [3.63, 3.8) is 0 Å². The lowest BCUT2D eigenvalue weighted by atomic mass is 10.0. The Morgan fingerprint density at radius 2 is 1.76 bits per heavy atom. The van der Waals surface area contributed by atoms with Gasteiger partial charge in [-0.1, -0.05) is 24.3 Å². The molecule has 0 saturated carbocycles. The normalized spacial score (nSPS) is 13.0. The second-order valence-electron chi connectivity index (χ2n) is 6.57. The number of hydrogen-bond donors (Lipinski definition) is 3. The Hall–Kier alpha value is -2.86. The van der Waals surface area contributed by atoms with Gasteiger partial charge < -0.3 is 16.0 Å². The highest BCUT2D eigenvalue weighted by Gasteiger charge is 2.27. The van der Waals surface area contributed by atoms with E-state index in [4.69, 9.17) is 5.73 Å². The Morgan fingerprint density at radius 1 is 1.08 bits per heavy atom. The molecule has 1 heterocycles. The second kappa shape index (κ2) is 6.94. The van der Waals surface area contributed by atoms with Gasteiger partial charge in [0.2, 0.25) is 0 Å². The quantitative estimate of drug-likeness (QED) is 0.782.